The summed E-state index contributed by atoms with van der Waals surface area (Å²) in [5, 5.41) is 0. The van der Waals surface area contributed by atoms with Crippen LogP contribution >= 0.6 is 0 Å². The second-order valence-electron chi connectivity index (χ2n) is 4.27. The van der Waals surface area contributed by atoms with Crippen LogP contribution in [0.5, 0.6) is 5.75 Å². The minimum atomic E-state index is -3.00. The second kappa shape index (κ2) is 4.13. The van der Waals surface area contributed by atoms with E-state index in [0.717, 1.165) is 11.6 Å². The van der Waals surface area contributed by atoms with Gasteiger partial charge >= 0.3 is 6.61 Å². The fourth-order valence-electron chi connectivity index (χ4n) is 1.16. The van der Waals surface area contributed by atoms with E-state index < -0.39 is 18.2 Å². The Morgan fingerprint density at radius 2 is 1.80 bits per heavy atom. The van der Waals surface area contributed by atoms with E-state index in [0.29, 0.717) is 0 Å². The van der Waals surface area contributed by atoms with Crippen molar-refractivity contribution in [2.24, 2.45) is 0 Å². The van der Waals surface area contributed by atoms with Crippen molar-refractivity contribution in [3.63, 3.8) is 0 Å². The number of hydrogen-bond donors (Lipinski definition) is 0. The Morgan fingerprint density at radius 3 is 2.27 bits per heavy atom. The number of rotatable bonds is 2. The van der Waals surface area contributed by atoms with Crippen LogP contribution in [-0.4, -0.2) is 6.61 Å². The standard InChI is InChI=1S/C11H13F3O/c1-11(2,3)7-4-5-8(12)9(6-7)15-10(13)14/h4-6,10H,1-3H3. The lowest BCUT2D eigenvalue weighted by Crippen LogP contribution is -2.12. The summed E-state index contributed by atoms with van der Waals surface area (Å²) in [5.74, 6) is -1.18. The molecule has 4 heteroatoms. The number of halogens is 3. The van der Waals surface area contributed by atoms with Gasteiger partial charge in [-0.15, -0.1) is 0 Å². The first-order valence-corrected chi connectivity index (χ1v) is 4.55. The molecule has 0 saturated carbocycles. The van der Waals surface area contributed by atoms with Gasteiger partial charge in [0.05, 0.1) is 0 Å². The lowest BCUT2D eigenvalue weighted by Gasteiger charge is -2.19. The van der Waals surface area contributed by atoms with E-state index in [9.17, 15) is 13.2 Å². The van der Waals surface area contributed by atoms with Gasteiger partial charge in [0.25, 0.3) is 0 Å². The molecule has 0 heterocycles. The number of ether oxygens (including phenoxy) is 1. The molecule has 0 saturated heterocycles. The van der Waals surface area contributed by atoms with Crippen LogP contribution in [-0.2, 0) is 5.41 Å². The van der Waals surface area contributed by atoms with Gasteiger partial charge in [-0.1, -0.05) is 26.8 Å². The van der Waals surface area contributed by atoms with Crippen molar-refractivity contribution in [1.82, 2.24) is 0 Å². The minimum Gasteiger partial charge on any atom is -0.432 e. The van der Waals surface area contributed by atoms with Crippen molar-refractivity contribution in [1.29, 1.82) is 0 Å². The molecule has 0 atom stereocenters. The fourth-order valence-corrected chi connectivity index (χ4v) is 1.16. The zero-order valence-electron chi connectivity index (χ0n) is 8.85. The molecule has 15 heavy (non-hydrogen) atoms. The molecule has 1 aromatic carbocycles. The molecule has 0 aliphatic heterocycles. The van der Waals surface area contributed by atoms with E-state index in [1.807, 2.05) is 20.8 Å². The average molecular weight is 218 g/mol. The minimum absolute atomic E-state index is 0.228. The van der Waals surface area contributed by atoms with Crippen molar-refractivity contribution < 1.29 is 17.9 Å². The van der Waals surface area contributed by atoms with Gasteiger partial charge in [0.15, 0.2) is 11.6 Å². The first-order valence-electron chi connectivity index (χ1n) is 4.55. The molecule has 0 fully saturated rings. The van der Waals surface area contributed by atoms with Crippen LogP contribution in [0.3, 0.4) is 0 Å². The van der Waals surface area contributed by atoms with Crippen molar-refractivity contribution in [3.8, 4) is 5.75 Å². The van der Waals surface area contributed by atoms with Gasteiger partial charge in [-0.3, -0.25) is 0 Å². The first kappa shape index (κ1) is 11.9. The van der Waals surface area contributed by atoms with Gasteiger partial charge in [0.2, 0.25) is 0 Å². The second-order valence-corrected chi connectivity index (χ2v) is 4.27. The van der Waals surface area contributed by atoms with Gasteiger partial charge in [0, 0.05) is 0 Å². The molecule has 0 N–H and O–H groups in total. The lowest BCUT2D eigenvalue weighted by atomic mass is 9.87. The molecule has 1 nitrogen and oxygen atoms in total. The number of hydrogen-bond acceptors (Lipinski definition) is 1. The monoisotopic (exact) mass is 218 g/mol. The summed E-state index contributed by atoms with van der Waals surface area (Å²) in [6.07, 6.45) is 0. The molecule has 1 aromatic rings. The Morgan fingerprint density at radius 1 is 1.20 bits per heavy atom. The largest absolute Gasteiger partial charge is 0.432 e. The normalized spacial score (nSPS) is 11.9. The topological polar surface area (TPSA) is 9.23 Å². The maximum absolute atomic E-state index is 13.1. The van der Waals surface area contributed by atoms with E-state index in [2.05, 4.69) is 4.74 Å². The summed E-state index contributed by atoms with van der Waals surface area (Å²) in [7, 11) is 0. The highest BCUT2D eigenvalue weighted by atomic mass is 19.3. The molecule has 0 aliphatic rings. The maximum atomic E-state index is 13.1. The highest BCUT2D eigenvalue weighted by Gasteiger charge is 2.17. The molecule has 0 aliphatic carbocycles. The summed E-state index contributed by atoms with van der Waals surface area (Å²) in [4.78, 5) is 0. The smallest absolute Gasteiger partial charge is 0.387 e. The maximum Gasteiger partial charge on any atom is 0.387 e. The number of alkyl halides is 2. The van der Waals surface area contributed by atoms with E-state index >= 15 is 0 Å². The van der Waals surface area contributed by atoms with Gasteiger partial charge in [0.1, 0.15) is 0 Å². The SMILES string of the molecule is CC(C)(C)c1ccc(F)c(OC(F)F)c1. The Bertz CT molecular complexity index is 342. The van der Waals surface area contributed by atoms with E-state index in [1.165, 1.54) is 6.07 Å². The summed E-state index contributed by atoms with van der Waals surface area (Å²) in [6.45, 7) is 2.72. The van der Waals surface area contributed by atoms with Crippen molar-refractivity contribution in [2.75, 3.05) is 0 Å². The summed E-state index contributed by atoms with van der Waals surface area (Å²) >= 11 is 0. The van der Waals surface area contributed by atoms with Crippen LogP contribution in [0, 0.1) is 5.82 Å². The van der Waals surface area contributed by atoms with Crippen molar-refractivity contribution in [2.45, 2.75) is 32.8 Å². The summed E-state index contributed by atoms with van der Waals surface area (Å²) in [5.41, 5.74) is 0.521. The van der Waals surface area contributed by atoms with E-state index in [-0.39, 0.29) is 5.41 Å². The number of benzene rings is 1. The molecule has 0 aromatic heterocycles. The van der Waals surface area contributed by atoms with Gasteiger partial charge in [-0.2, -0.15) is 8.78 Å². The highest BCUT2D eigenvalue weighted by molar-refractivity contribution is 5.34. The molecule has 0 spiro atoms. The van der Waals surface area contributed by atoms with Crippen LogP contribution in [0.1, 0.15) is 26.3 Å². The molecule has 0 amide bonds. The Balaban J connectivity index is 3.06. The molecular weight excluding hydrogens is 205 g/mol. The van der Waals surface area contributed by atoms with E-state index in [4.69, 9.17) is 0 Å². The van der Waals surface area contributed by atoms with Gasteiger partial charge < -0.3 is 4.74 Å². The van der Waals surface area contributed by atoms with Crippen molar-refractivity contribution >= 4 is 0 Å². The highest BCUT2D eigenvalue weighted by Crippen LogP contribution is 2.28. The molecule has 84 valence electrons. The molecule has 0 radical (unpaired) electrons. The Labute approximate surface area is 86.9 Å². The van der Waals surface area contributed by atoms with Crippen LogP contribution in [0.25, 0.3) is 0 Å². The fraction of sp³-hybridized carbons (Fsp3) is 0.455. The molecule has 0 bridgehead atoms. The Kier molecular flexibility index (Phi) is 3.27. The summed E-state index contributed by atoms with van der Waals surface area (Å²) in [6, 6.07) is 4.01. The van der Waals surface area contributed by atoms with Gasteiger partial charge in [-0.25, -0.2) is 4.39 Å². The third-order valence-electron chi connectivity index (χ3n) is 2.01. The Hall–Kier alpha value is -1.19. The van der Waals surface area contributed by atoms with Crippen LogP contribution < -0.4 is 4.74 Å². The van der Waals surface area contributed by atoms with E-state index in [1.54, 1.807) is 6.07 Å². The van der Waals surface area contributed by atoms with Crippen LogP contribution in [0.4, 0.5) is 13.2 Å². The van der Waals surface area contributed by atoms with Gasteiger partial charge in [-0.05, 0) is 23.1 Å². The third kappa shape index (κ3) is 3.15. The summed E-state index contributed by atoms with van der Waals surface area (Å²) < 4.78 is 41.0. The first-order chi connectivity index (χ1) is 6.80. The lowest BCUT2D eigenvalue weighted by molar-refractivity contribution is -0.0522. The molecule has 0 unspecified atom stereocenters. The average Bonchev–Trinajstić information content (AvgIpc) is 2.06. The molecular formula is C11H13F3O. The van der Waals surface area contributed by atoms with Crippen molar-refractivity contribution in [3.05, 3.63) is 29.6 Å². The van der Waals surface area contributed by atoms with Crippen LogP contribution in [0.15, 0.2) is 18.2 Å². The zero-order chi connectivity index (χ0) is 11.6. The molecule has 1 rings (SSSR count). The van der Waals surface area contributed by atoms with Crippen LogP contribution in [0.2, 0.25) is 0 Å². The predicted octanol–water partition coefficient (Wildman–Crippen LogP) is 3.72. The third-order valence-corrected chi connectivity index (χ3v) is 2.01. The quantitative estimate of drug-likeness (QED) is 0.735. The predicted molar refractivity (Wildman–Crippen MR) is 51.7 cm³/mol. The zero-order valence-corrected chi connectivity index (χ0v) is 8.85.